The fourth-order valence-corrected chi connectivity index (χ4v) is 2.83. The Balaban J connectivity index is 1.72. The number of rotatable bonds is 8. The van der Waals surface area contributed by atoms with Gasteiger partial charge in [0, 0.05) is 23.3 Å². The fraction of sp³-hybridized carbons (Fsp3) is 0.182. The Hall–Kier alpha value is -2.92. The van der Waals surface area contributed by atoms with Crippen LogP contribution in [0.5, 0.6) is 17.2 Å². The molecule has 0 saturated carbocycles. The Morgan fingerprint density at radius 3 is 2.32 bits per heavy atom. The molecule has 4 nitrogen and oxygen atoms in total. The summed E-state index contributed by atoms with van der Waals surface area (Å²) >= 11 is 6.43. The molecular formula is C22H21ClFNO3. The van der Waals surface area contributed by atoms with E-state index in [1.807, 2.05) is 13.0 Å². The second-order valence-corrected chi connectivity index (χ2v) is 6.55. The SMILES string of the molecule is CCOc1cc(CNc2ccc(O)cc2)c(Cl)cc1OCc1ccc(F)cc1. The summed E-state index contributed by atoms with van der Waals surface area (Å²) in [5.41, 5.74) is 2.56. The van der Waals surface area contributed by atoms with Crippen molar-refractivity contribution >= 4 is 17.3 Å². The first-order valence-electron chi connectivity index (χ1n) is 8.90. The predicted molar refractivity (Wildman–Crippen MR) is 109 cm³/mol. The zero-order valence-corrected chi connectivity index (χ0v) is 16.2. The molecule has 0 bridgehead atoms. The summed E-state index contributed by atoms with van der Waals surface area (Å²) in [6.45, 7) is 3.15. The Morgan fingerprint density at radius 2 is 1.64 bits per heavy atom. The number of hydrogen-bond acceptors (Lipinski definition) is 4. The molecule has 6 heteroatoms. The molecule has 0 unspecified atom stereocenters. The molecule has 0 amide bonds. The summed E-state index contributed by atoms with van der Waals surface area (Å²) in [5, 5.41) is 13.2. The van der Waals surface area contributed by atoms with Gasteiger partial charge in [0.05, 0.1) is 6.61 Å². The molecule has 0 atom stereocenters. The van der Waals surface area contributed by atoms with Crippen LogP contribution in [-0.4, -0.2) is 11.7 Å². The Bertz CT molecular complexity index is 914. The van der Waals surface area contributed by atoms with Gasteiger partial charge in [0.1, 0.15) is 18.2 Å². The lowest BCUT2D eigenvalue weighted by atomic mass is 10.2. The van der Waals surface area contributed by atoms with Gasteiger partial charge in [-0.2, -0.15) is 0 Å². The zero-order chi connectivity index (χ0) is 19.9. The maximum Gasteiger partial charge on any atom is 0.163 e. The van der Waals surface area contributed by atoms with E-state index in [1.165, 1.54) is 12.1 Å². The molecule has 2 N–H and O–H groups in total. The topological polar surface area (TPSA) is 50.7 Å². The summed E-state index contributed by atoms with van der Waals surface area (Å²) in [4.78, 5) is 0. The van der Waals surface area contributed by atoms with Gasteiger partial charge in [-0.3, -0.25) is 0 Å². The van der Waals surface area contributed by atoms with Crippen LogP contribution in [0.2, 0.25) is 5.02 Å². The number of nitrogens with one attached hydrogen (secondary N) is 1. The van der Waals surface area contributed by atoms with E-state index < -0.39 is 0 Å². The van der Waals surface area contributed by atoms with Crippen molar-refractivity contribution in [3.05, 3.63) is 82.6 Å². The van der Waals surface area contributed by atoms with Gasteiger partial charge in [-0.25, -0.2) is 4.39 Å². The summed E-state index contributed by atoms with van der Waals surface area (Å²) in [6.07, 6.45) is 0. The van der Waals surface area contributed by atoms with Crippen molar-refractivity contribution in [1.29, 1.82) is 0 Å². The molecule has 28 heavy (non-hydrogen) atoms. The van der Waals surface area contributed by atoms with E-state index in [2.05, 4.69) is 5.32 Å². The summed E-state index contributed by atoms with van der Waals surface area (Å²) in [7, 11) is 0. The molecule has 0 heterocycles. The van der Waals surface area contributed by atoms with Gasteiger partial charge in [-0.05, 0) is 60.5 Å². The lowest BCUT2D eigenvalue weighted by Gasteiger charge is -2.16. The van der Waals surface area contributed by atoms with Crippen LogP contribution in [0.4, 0.5) is 10.1 Å². The molecule has 3 aromatic carbocycles. The number of hydrogen-bond donors (Lipinski definition) is 2. The molecule has 3 aromatic rings. The maximum absolute atomic E-state index is 13.0. The average Bonchev–Trinajstić information content (AvgIpc) is 2.69. The first-order valence-corrected chi connectivity index (χ1v) is 9.28. The van der Waals surface area contributed by atoms with Crippen LogP contribution < -0.4 is 14.8 Å². The van der Waals surface area contributed by atoms with Crippen LogP contribution in [0.15, 0.2) is 60.7 Å². The minimum absolute atomic E-state index is 0.213. The number of phenols is 1. The standard InChI is InChI=1S/C22H21ClFNO3/c1-2-27-21-11-16(13-25-18-7-9-19(26)10-8-18)20(23)12-22(21)28-14-15-3-5-17(24)6-4-15/h3-12,25-26H,2,13-14H2,1H3. The van der Waals surface area contributed by atoms with Crippen molar-refractivity contribution in [2.75, 3.05) is 11.9 Å². The van der Waals surface area contributed by atoms with Crippen LogP contribution in [0.25, 0.3) is 0 Å². The van der Waals surface area contributed by atoms with Crippen molar-refractivity contribution in [3.63, 3.8) is 0 Å². The normalized spacial score (nSPS) is 10.5. The Labute approximate surface area is 168 Å². The van der Waals surface area contributed by atoms with E-state index >= 15 is 0 Å². The lowest BCUT2D eigenvalue weighted by Crippen LogP contribution is -2.04. The van der Waals surface area contributed by atoms with Gasteiger partial charge in [0.15, 0.2) is 11.5 Å². The number of aromatic hydroxyl groups is 1. The molecule has 0 aliphatic carbocycles. The van der Waals surface area contributed by atoms with Crippen LogP contribution in [0.3, 0.4) is 0 Å². The molecule has 0 spiro atoms. The fourth-order valence-electron chi connectivity index (χ4n) is 2.61. The molecular weight excluding hydrogens is 381 g/mol. The van der Waals surface area contributed by atoms with E-state index in [0.717, 1.165) is 16.8 Å². The van der Waals surface area contributed by atoms with E-state index in [4.69, 9.17) is 21.1 Å². The van der Waals surface area contributed by atoms with Crippen molar-refractivity contribution in [2.24, 2.45) is 0 Å². The molecule has 0 saturated heterocycles. The third kappa shape index (κ3) is 5.30. The second-order valence-electron chi connectivity index (χ2n) is 6.14. The minimum Gasteiger partial charge on any atom is -0.508 e. The third-order valence-electron chi connectivity index (χ3n) is 4.07. The number of benzene rings is 3. The number of halogens is 2. The molecule has 0 aromatic heterocycles. The first kappa shape index (κ1) is 19.8. The first-order chi connectivity index (χ1) is 13.5. The largest absolute Gasteiger partial charge is 0.508 e. The molecule has 0 aliphatic heterocycles. The molecule has 0 radical (unpaired) electrons. The monoisotopic (exact) mass is 401 g/mol. The van der Waals surface area contributed by atoms with Crippen LogP contribution in [0, 0.1) is 5.82 Å². The Morgan fingerprint density at radius 1 is 0.964 bits per heavy atom. The average molecular weight is 402 g/mol. The van der Waals surface area contributed by atoms with Crippen molar-refractivity contribution < 1.29 is 19.0 Å². The van der Waals surface area contributed by atoms with Gasteiger partial charge >= 0.3 is 0 Å². The highest BCUT2D eigenvalue weighted by molar-refractivity contribution is 6.31. The smallest absolute Gasteiger partial charge is 0.163 e. The van der Waals surface area contributed by atoms with Gasteiger partial charge < -0.3 is 19.9 Å². The molecule has 0 aliphatic rings. The van der Waals surface area contributed by atoms with Gasteiger partial charge in [-0.15, -0.1) is 0 Å². The molecule has 3 rings (SSSR count). The zero-order valence-electron chi connectivity index (χ0n) is 15.4. The minimum atomic E-state index is -0.285. The predicted octanol–water partition coefficient (Wildman–Crippen LogP) is 5.77. The van der Waals surface area contributed by atoms with Gasteiger partial charge in [-0.1, -0.05) is 23.7 Å². The Kier molecular flexibility index (Phi) is 6.61. The van der Waals surface area contributed by atoms with E-state index in [-0.39, 0.29) is 18.2 Å². The number of anilines is 1. The lowest BCUT2D eigenvalue weighted by molar-refractivity contribution is 0.269. The van der Waals surface area contributed by atoms with Gasteiger partial charge in [0.2, 0.25) is 0 Å². The highest BCUT2D eigenvalue weighted by atomic mass is 35.5. The van der Waals surface area contributed by atoms with Crippen LogP contribution >= 0.6 is 11.6 Å². The summed E-state index contributed by atoms with van der Waals surface area (Å²) < 4.78 is 24.6. The summed E-state index contributed by atoms with van der Waals surface area (Å²) in [5.74, 6) is 1.05. The number of phenolic OH excluding ortho intramolecular Hbond substituents is 1. The second kappa shape index (κ2) is 9.33. The maximum atomic E-state index is 13.0. The molecule has 146 valence electrons. The van der Waals surface area contributed by atoms with Crippen LogP contribution in [0.1, 0.15) is 18.1 Å². The molecule has 0 fully saturated rings. The van der Waals surface area contributed by atoms with Crippen molar-refractivity contribution in [2.45, 2.75) is 20.1 Å². The quantitative estimate of drug-likeness (QED) is 0.470. The van der Waals surface area contributed by atoms with Crippen molar-refractivity contribution in [1.82, 2.24) is 0 Å². The van der Waals surface area contributed by atoms with Crippen molar-refractivity contribution in [3.8, 4) is 17.2 Å². The highest BCUT2D eigenvalue weighted by Gasteiger charge is 2.12. The highest BCUT2D eigenvalue weighted by Crippen LogP contribution is 2.34. The summed E-state index contributed by atoms with van der Waals surface area (Å²) in [6, 6.07) is 16.5. The van der Waals surface area contributed by atoms with Crippen LogP contribution in [-0.2, 0) is 13.2 Å². The van der Waals surface area contributed by atoms with E-state index in [9.17, 15) is 9.50 Å². The number of ether oxygens (including phenoxy) is 2. The third-order valence-corrected chi connectivity index (χ3v) is 4.42. The van der Waals surface area contributed by atoms with E-state index in [0.29, 0.717) is 29.7 Å². The van der Waals surface area contributed by atoms with E-state index in [1.54, 1.807) is 42.5 Å². The van der Waals surface area contributed by atoms with Gasteiger partial charge in [0.25, 0.3) is 0 Å².